The Hall–Kier alpha value is -1.26. The Morgan fingerprint density at radius 2 is 2.16 bits per heavy atom. The standard InChI is InChI=1S/C14H12ClFN2S/c1-7-12(10-5-4-9(16)6-11(10)15)17-13(8-2-3-8)18-14(7)19/h4-6,8H,2-3H2,1H3,(H,17,18,19). The zero-order valence-corrected chi connectivity index (χ0v) is 11.9. The van der Waals surface area contributed by atoms with Crippen LogP contribution < -0.4 is 0 Å². The maximum atomic E-state index is 13.1. The molecule has 1 heterocycles. The first kappa shape index (κ1) is 12.8. The smallest absolute Gasteiger partial charge is 0.133 e. The summed E-state index contributed by atoms with van der Waals surface area (Å²) in [5, 5.41) is 0.377. The molecule has 0 aliphatic heterocycles. The molecule has 19 heavy (non-hydrogen) atoms. The van der Waals surface area contributed by atoms with Crippen LogP contribution in [0.3, 0.4) is 0 Å². The van der Waals surface area contributed by atoms with Crippen molar-refractivity contribution in [2.75, 3.05) is 0 Å². The van der Waals surface area contributed by atoms with Gasteiger partial charge in [0.05, 0.1) is 10.7 Å². The van der Waals surface area contributed by atoms with E-state index in [4.69, 9.17) is 23.8 Å². The molecule has 1 aliphatic rings. The first-order chi connectivity index (χ1) is 9.06. The van der Waals surface area contributed by atoms with Crippen LogP contribution in [0.4, 0.5) is 4.39 Å². The van der Waals surface area contributed by atoms with E-state index in [1.54, 1.807) is 6.07 Å². The Labute approximate surface area is 120 Å². The Balaban J connectivity index is 2.20. The highest BCUT2D eigenvalue weighted by molar-refractivity contribution is 7.71. The van der Waals surface area contributed by atoms with Gasteiger partial charge >= 0.3 is 0 Å². The van der Waals surface area contributed by atoms with E-state index >= 15 is 0 Å². The van der Waals surface area contributed by atoms with Gasteiger partial charge in [0.15, 0.2) is 0 Å². The summed E-state index contributed by atoms with van der Waals surface area (Å²) in [7, 11) is 0. The molecule has 3 rings (SSSR count). The van der Waals surface area contributed by atoms with Gasteiger partial charge in [-0.25, -0.2) is 9.37 Å². The van der Waals surface area contributed by atoms with E-state index in [-0.39, 0.29) is 5.82 Å². The van der Waals surface area contributed by atoms with Gasteiger partial charge in [0.1, 0.15) is 16.3 Å². The summed E-state index contributed by atoms with van der Waals surface area (Å²) >= 11 is 11.4. The maximum Gasteiger partial charge on any atom is 0.133 e. The SMILES string of the molecule is Cc1c(-c2ccc(F)cc2Cl)[nH]c(C2CC2)nc1=S. The van der Waals surface area contributed by atoms with Gasteiger partial charge in [-0.2, -0.15) is 0 Å². The first-order valence-electron chi connectivity index (χ1n) is 6.12. The monoisotopic (exact) mass is 294 g/mol. The van der Waals surface area contributed by atoms with E-state index in [1.165, 1.54) is 12.1 Å². The third-order valence-corrected chi connectivity index (χ3v) is 4.05. The predicted molar refractivity (Wildman–Crippen MR) is 76.5 cm³/mol. The highest BCUT2D eigenvalue weighted by Gasteiger charge is 2.27. The molecule has 0 spiro atoms. The average molecular weight is 295 g/mol. The summed E-state index contributed by atoms with van der Waals surface area (Å²) in [6.07, 6.45) is 2.27. The topological polar surface area (TPSA) is 28.7 Å². The quantitative estimate of drug-likeness (QED) is 0.807. The van der Waals surface area contributed by atoms with Gasteiger partial charge in [0.2, 0.25) is 0 Å². The van der Waals surface area contributed by atoms with Gasteiger partial charge in [-0.15, -0.1) is 0 Å². The van der Waals surface area contributed by atoms with Crippen molar-refractivity contribution < 1.29 is 4.39 Å². The van der Waals surface area contributed by atoms with E-state index in [0.29, 0.717) is 15.6 Å². The third kappa shape index (κ3) is 2.42. The molecule has 0 unspecified atom stereocenters. The molecule has 0 bridgehead atoms. The molecule has 5 heteroatoms. The van der Waals surface area contributed by atoms with Crippen LogP contribution in [0.2, 0.25) is 5.02 Å². The molecule has 0 radical (unpaired) electrons. The van der Waals surface area contributed by atoms with E-state index < -0.39 is 0 Å². The Kier molecular flexibility index (Phi) is 3.15. The molecule has 0 amide bonds. The molecule has 1 aromatic heterocycles. The molecule has 1 fully saturated rings. The number of H-pyrrole nitrogens is 1. The second-order valence-corrected chi connectivity index (χ2v) is 5.62. The second kappa shape index (κ2) is 4.69. The molecule has 1 aromatic carbocycles. The lowest BCUT2D eigenvalue weighted by molar-refractivity contribution is 0.628. The number of hydrogen-bond acceptors (Lipinski definition) is 2. The zero-order chi connectivity index (χ0) is 13.6. The minimum absolute atomic E-state index is 0.346. The van der Waals surface area contributed by atoms with Crippen molar-refractivity contribution >= 4 is 23.8 Å². The lowest BCUT2D eigenvalue weighted by Gasteiger charge is -2.11. The van der Waals surface area contributed by atoms with Crippen LogP contribution in [-0.4, -0.2) is 9.97 Å². The zero-order valence-electron chi connectivity index (χ0n) is 10.3. The first-order valence-corrected chi connectivity index (χ1v) is 6.91. The van der Waals surface area contributed by atoms with Crippen molar-refractivity contribution in [3.63, 3.8) is 0 Å². The molecule has 1 N–H and O–H groups in total. The average Bonchev–Trinajstić information content (AvgIpc) is 3.17. The number of halogens is 2. The molecular formula is C14H12ClFN2S. The van der Waals surface area contributed by atoms with Gasteiger partial charge < -0.3 is 4.98 Å². The summed E-state index contributed by atoms with van der Waals surface area (Å²) < 4.78 is 13.7. The van der Waals surface area contributed by atoms with Crippen molar-refractivity contribution in [2.45, 2.75) is 25.7 Å². The lowest BCUT2D eigenvalue weighted by atomic mass is 10.1. The largest absolute Gasteiger partial charge is 0.343 e. The van der Waals surface area contributed by atoms with Gasteiger partial charge in [-0.3, -0.25) is 0 Å². The van der Waals surface area contributed by atoms with Crippen LogP contribution in [0.1, 0.15) is 30.1 Å². The lowest BCUT2D eigenvalue weighted by Crippen LogP contribution is -1.99. The van der Waals surface area contributed by atoms with Gasteiger partial charge in [-0.1, -0.05) is 23.8 Å². The van der Waals surface area contributed by atoms with Crippen molar-refractivity contribution in [1.29, 1.82) is 0 Å². The Morgan fingerprint density at radius 3 is 2.79 bits per heavy atom. The molecule has 0 saturated heterocycles. The molecule has 0 atom stereocenters. The molecular weight excluding hydrogens is 283 g/mol. The summed E-state index contributed by atoms with van der Waals surface area (Å²) in [4.78, 5) is 7.72. The second-order valence-electron chi connectivity index (χ2n) is 4.83. The number of rotatable bonds is 2. The molecule has 2 aromatic rings. The minimum atomic E-state index is -0.346. The van der Waals surface area contributed by atoms with Crippen molar-refractivity contribution in [1.82, 2.24) is 9.97 Å². The predicted octanol–water partition coefficient (Wildman–Crippen LogP) is 4.78. The highest BCUT2D eigenvalue weighted by Crippen LogP contribution is 2.39. The number of nitrogens with zero attached hydrogens (tertiary/aromatic N) is 1. The molecule has 2 nitrogen and oxygen atoms in total. The highest BCUT2D eigenvalue weighted by atomic mass is 35.5. The Bertz CT molecular complexity index is 707. The summed E-state index contributed by atoms with van der Waals surface area (Å²) in [5.74, 6) is 1.03. The van der Waals surface area contributed by atoms with Crippen LogP contribution in [0.5, 0.6) is 0 Å². The molecule has 98 valence electrons. The normalized spacial score (nSPS) is 14.7. The molecule has 1 aliphatic carbocycles. The van der Waals surface area contributed by atoms with Crippen molar-refractivity contribution in [2.24, 2.45) is 0 Å². The fourth-order valence-corrected chi connectivity index (χ4v) is 2.52. The van der Waals surface area contributed by atoms with E-state index in [2.05, 4.69) is 9.97 Å². The maximum absolute atomic E-state index is 13.1. The van der Waals surface area contributed by atoms with Crippen LogP contribution in [0.15, 0.2) is 18.2 Å². The molecule has 1 saturated carbocycles. The third-order valence-electron chi connectivity index (χ3n) is 3.34. The van der Waals surface area contributed by atoms with Crippen LogP contribution in [0, 0.1) is 17.4 Å². The number of nitrogens with one attached hydrogen (secondary N) is 1. The van der Waals surface area contributed by atoms with Crippen molar-refractivity contribution in [3.8, 4) is 11.3 Å². The van der Waals surface area contributed by atoms with Crippen LogP contribution in [-0.2, 0) is 0 Å². The number of aromatic amines is 1. The van der Waals surface area contributed by atoms with Crippen LogP contribution in [0.25, 0.3) is 11.3 Å². The Morgan fingerprint density at radius 1 is 1.42 bits per heavy atom. The van der Waals surface area contributed by atoms with E-state index in [1.807, 2.05) is 6.92 Å². The fraction of sp³-hybridized carbons (Fsp3) is 0.286. The van der Waals surface area contributed by atoms with E-state index in [0.717, 1.165) is 35.5 Å². The minimum Gasteiger partial charge on any atom is -0.343 e. The van der Waals surface area contributed by atoms with Gasteiger partial charge in [0.25, 0.3) is 0 Å². The van der Waals surface area contributed by atoms with E-state index in [9.17, 15) is 4.39 Å². The summed E-state index contributed by atoms with van der Waals surface area (Å²) in [6.45, 7) is 1.90. The number of hydrogen-bond donors (Lipinski definition) is 1. The fourth-order valence-electron chi connectivity index (χ4n) is 2.06. The van der Waals surface area contributed by atoms with Gasteiger partial charge in [-0.05, 0) is 38.0 Å². The summed E-state index contributed by atoms with van der Waals surface area (Å²) in [6, 6.07) is 4.38. The number of aromatic nitrogens is 2. The summed E-state index contributed by atoms with van der Waals surface area (Å²) in [5.41, 5.74) is 2.47. The van der Waals surface area contributed by atoms with Crippen molar-refractivity contribution in [3.05, 3.63) is 45.1 Å². The van der Waals surface area contributed by atoms with Gasteiger partial charge in [0, 0.05) is 17.0 Å². The van der Waals surface area contributed by atoms with Crippen LogP contribution >= 0.6 is 23.8 Å². The number of benzene rings is 1.